The van der Waals surface area contributed by atoms with E-state index in [0.29, 0.717) is 0 Å². The summed E-state index contributed by atoms with van der Waals surface area (Å²) in [5.41, 5.74) is 0. The first kappa shape index (κ1) is 16.0. The van der Waals surface area contributed by atoms with E-state index in [4.69, 9.17) is 4.74 Å². The van der Waals surface area contributed by atoms with Crippen LogP contribution in [-0.2, 0) is 11.3 Å². The summed E-state index contributed by atoms with van der Waals surface area (Å²) in [6, 6.07) is 0.191. The van der Waals surface area contributed by atoms with E-state index in [1.807, 2.05) is 4.68 Å². The highest BCUT2D eigenvalue weighted by Crippen LogP contribution is 2.07. The predicted octanol–water partition coefficient (Wildman–Crippen LogP) is 1.94. The first-order valence-corrected chi connectivity index (χ1v) is 7.36. The van der Waals surface area contributed by atoms with Gasteiger partial charge in [-0.1, -0.05) is 20.3 Å². The molecular weight excluding hydrogens is 242 g/mol. The summed E-state index contributed by atoms with van der Waals surface area (Å²) in [5.74, 6) is 0.905. The molecule has 0 amide bonds. The molecule has 19 heavy (non-hydrogen) atoms. The largest absolute Gasteiger partial charge is 0.381 e. The fraction of sp³-hybridized carbons (Fsp3) is 0.923. The lowest BCUT2D eigenvalue weighted by Gasteiger charge is -2.12. The molecule has 1 rings (SSSR count). The van der Waals surface area contributed by atoms with Crippen LogP contribution in [0.4, 0.5) is 0 Å². The molecule has 6 heteroatoms. The summed E-state index contributed by atoms with van der Waals surface area (Å²) in [4.78, 5) is 0. The van der Waals surface area contributed by atoms with E-state index in [9.17, 15) is 0 Å². The van der Waals surface area contributed by atoms with Crippen molar-refractivity contribution in [2.75, 3.05) is 19.8 Å². The lowest BCUT2D eigenvalue weighted by molar-refractivity contribution is 0.124. The molecule has 0 radical (unpaired) electrons. The third kappa shape index (κ3) is 6.11. The number of tetrazole rings is 1. The number of aromatic nitrogens is 4. The van der Waals surface area contributed by atoms with Crippen LogP contribution in [0.1, 0.15) is 58.3 Å². The third-order valence-corrected chi connectivity index (χ3v) is 2.95. The zero-order valence-electron chi connectivity index (χ0n) is 12.4. The minimum Gasteiger partial charge on any atom is -0.381 e. The van der Waals surface area contributed by atoms with E-state index in [2.05, 4.69) is 41.6 Å². The van der Waals surface area contributed by atoms with Crippen LogP contribution in [-0.4, -0.2) is 40.0 Å². The topological polar surface area (TPSA) is 64.9 Å². The minimum atomic E-state index is 0.191. The third-order valence-electron chi connectivity index (χ3n) is 2.95. The van der Waals surface area contributed by atoms with Crippen LogP contribution in [0.15, 0.2) is 0 Å². The van der Waals surface area contributed by atoms with Crippen molar-refractivity contribution in [3.05, 3.63) is 5.82 Å². The summed E-state index contributed by atoms with van der Waals surface area (Å²) >= 11 is 0. The molecular formula is C13H27N5O. The van der Waals surface area contributed by atoms with E-state index in [1.54, 1.807) is 0 Å². The first-order chi connectivity index (χ1) is 9.29. The van der Waals surface area contributed by atoms with Gasteiger partial charge < -0.3 is 10.1 Å². The van der Waals surface area contributed by atoms with Crippen molar-refractivity contribution in [2.45, 2.75) is 59.0 Å². The van der Waals surface area contributed by atoms with Crippen molar-refractivity contribution < 1.29 is 4.74 Å². The van der Waals surface area contributed by atoms with Crippen LogP contribution in [0.25, 0.3) is 0 Å². The normalized spacial score (nSPS) is 12.8. The number of hydrogen-bond donors (Lipinski definition) is 1. The maximum absolute atomic E-state index is 5.54. The van der Waals surface area contributed by atoms with Crippen molar-refractivity contribution >= 4 is 0 Å². The van der Waals surface area contributed by atoms with Gasteiger partial charge in [0, 0.05) is 19.8 Å². The number of unbranched alkanes of at least 4 members (excludes halogenated alkanes) is 1. The highest BCUT2D eigenvalue weighted by molar-refractivity contribution is 4.89. The monoisotopic (exact) mass is 269 g/mol. The Bertz CT molecular complexity index is 329. The molecule has 0 fully saturated rings. The van der Waals surface area contributed by atoms with Crippen molar-refractivity contribution in [2.24, 2.45) is 0 Å². The molecule has 0 aliphatic carbocycles. The van der Waals surface area contributed by atoms with Gasteiger partial charge in [-0.25, -0.2) is 4.68 Å². The van der Waals surface area contributed by atoms with Crippen LogP contribution in [0.2, 0.25) is 0 Å². The number of nitrogens with zero attached hydrogens (tertiary/aromatic N) is 4. The Labute approximate surface area is 115 Å². The summed E-state index contributed by atoms with van der Waals surface area (Å²) in [7, 11) is 0. The summed E-state index contributed by atoms with van der Waals surface area (Å²) < 4.78 is 7.41. The second-order valence-electron chi connectivity index (χ2n) is 4.76. The minimum absolute atomic E-state index is 0.191. The maximum Gasteiger partial charge on any atom is 0.167 e. The van der Waals surface area contributed by atoms with Gasteiger partial charge in [-0.2, -0.15) is 0 Å². The SMILES string of the molecule is CCCCOCCCn1nnnc1C(C)NCCC. The van der Waals surface area contributed by atoms with E-state index in [-0.39, 0.29) is 6.04 Å². The number of hydrogen-bond acceptors (Lipinski definition) is 5. The molecule has 1 unspecified atom stereocenters. The quantitative estimate of drug-likeness (QED) is 0.622. The van der Waals surface area contributed by atoms with E-state index in [0.717, 1.165) is 51.4 Å². The molecule has 1 aromatic heterocycles. The molecule has 1 N–H and O–H groups in total. The molecule has 1 atom stereocenters. The van der Waals surface area contributed by atoms with E-state index < -0.39 is 0 Å². The molecule has 0 aromatic carbocycles. The second kappa shape index (κ2) is 9.86. The molecule has 1 heterocycles. The Hall–Kier alpha value is -1.01. The van der Waals surface area contributed by atoms with E-state index in [1.165, 1.54) is 6.42 Å². The Morgan fingerprint density at radius 2 is 2.00 bits per heavy atom. The van der Waals surface area contributed by atoms with Crippen molar-refractivity contribution in [3.63, 3.8) is 0 Å². The first-order valence-electron chi connectivity index (χ1n) is 7.36. The van der Waals surface area contributed by atoms with Gasteiger partial charge in [-0.3, -0.25) is 0 Å². The van der Waals surface area contributed by atoms with Gasteiger partial charge in [0.1, 0.15) is 0 Å². The highest BCUT2D eigenvalue weighted by atomic mass is 16.5. The Balaban J connectivity index is 2.28. The average Bonchev–Trinajstić information content (AvgIpc) is 2.88. The van der Waals surface area contributed by atoms with Crippen molar-refractivity contribution in [1.82, 2.24) is 25.5 Å². The smallest absolute Gasteiger partial charge is 0.167 e. The van der Waals surface area contributed by atoms with Gasteiger partial charge in [0.05, 0.1) is 6.04 Å². The number of ether oxygens (including phenoxy) is 1. The number of nitrogens with one attached hydrogen (secondary N) is 1. The molecule has 0 saturated carbocycles. The zero-order valence-corrected chi connectivity index (χ0v) is 12.4. The summed E-state index contributed by atoms with van der Waals surface area (Å²) in [5, 5.41) is 15.3. The Kier molecular flexibility index (Phi) is 8.33. The molecule has 110 valence electrons. The Morgan fingerprint density at radius 1 is 1.21 bits per heavy atom. The zero-order chi connectivity index (χ0) is 13.9. The van der Waals surface area contributed by atoms with Crippen LogP contribution >= 0.6 is 0 Å². The van der Waals surface area contributed by atoms with Crippen LogP contribution in [0.3, 0.4) is 0 Å². The van der Waals surface area contributed by atoms with Gasteiger partial charge in [0.15, 0.2) is 5.82 Å². The molecule has 0 saturated heterocycles. The van der Waals surface area contributed by atoms with Gasteiger partial charge in [0.25, 0.3) is 0 Å². The average molecular weight is 269 g/mol. The van der Waals surface area contributed by atoms with Crippen LogP contribution < -0.4 is 5.32 Å². The lowest BCUT2D eigenvalue weighted by Crippen LogP contribution is -2.23. The summed E-state index contributed by atoms with van der Waals surface area (Å²) in [6.45, 7) is 9.83. The highest BCUT2D eigenvalue weighted by Gasteiger charge is 2.13. The standard InChI is InChI=1S/C13H27N5O/c1-4-6-10-19-11-7-9-18-13(15-16-17-18)12(3)14-8-5-2/h12,14H,4-11H2,1-3H3. The van der Waals surface area contributed by atoms with Crippen molar-refractivity contribution in [3.8, 4) is 0 Å². The van der Waals surface area contributed by atoms with Gasteiger partial charge in [-0.15, -0.1) is 5.10 Å². The summed E-state index contributed by atoms with van der Waals surface area (Å²) in [6.07, 6.45) is 4.37. The number of aryl methyl sites for hydroxylation is 1. The fourth-order valence-electron chi connectivity index (χ4n) is 1.80. The van der Waals surface area contributed by atoms with Crippen LogP contribution in [0, 0.1) is 0 Å². The van der Waals surface area contributed by atoms with Gasteiger partial charge in [0.2, 0.25) is 0 Å². The molecule has 0 spiro atoms. The van der Waals surface area contributed by atoms with Crippen molar-refractivity contribution in [1.29, 1.82) is 0 Å². The molecule has 0 aliphatic heterocycles. The van der Waals surface area contributed by atoms with Gasteiger partial charge >= 0.3 is 0 Å². The van der Waals surface area contributed by atoms with E-state index >= 15 is 0 Å². The van der Waals surface area contributed by atoms with Gasteiger partial charge in [-0.05, 0) is 43.2 Å². The molecule has 0 bridgehead atoms. The number of rotatable bonds is 11. The van der Waals surface area contributed by atoms with Crippen LogP contribution in [0.5, 0.6) is 0 Å². The fourth-order valence-corrected chi connectivity index (χ4v) is 1.80. The molecule has 6 nitrogen and oxygen atoms in total. The second-order valence-corrected chi connectivity index (χ2v) is 4.76. The molecule has 0 aliphatic rings. The maximum atomic E-state index is 5.54. The lowest BCUT2D eigenvalue weighted by atomic mass is 10.3. The Morgan fingerprint density at radius 3 is 2.74 bits per heavy atom. The molecule has 1 aromatic rings. The predicted molar refractivity (Wildman–Crippen MR) is 74.9 cm³/mol.